The van der Waals surface area contributed by atoms with E-state index in [0.29, 0.717) is 30.6 Å². The number of hydrogen-bond donors (Lipinski definition) is 5. The highest BCUT2D eigenvalue weighted by Gasteiger charge is 2.90. The van der Waals surface area contributed by atoms with Crippen molar-refractivity contribution >= 4 is 100 Å². The lowest BCUT2D eigenvalue weighted by Crippen LogP contribution is -2.80. The molecule has 17 nitrogen and oxygen atoms in total. The molecule has 14 unspecified atom stereocenters. The van der Waals surface area contributed by atoms with Gasteiger partial charge in [0.1, 0.15) is 33.1 Å². The van der Waals surface area contributed by atoms with Gasteiger partial charge in [-0.25, -0.2) is 4.79 Å². The quantitative estimate of drug-likeness (QED) is 0.0829. The maximum absolute atomic E-state index is 14.9. The fourth-order valence-corrected chi connectivity index (χ4v) is 24.3. The Hall–Kier alpha value is -3.43. The first-order valence-corrected chi connectivity index (χ1v) is 30.6. The molecule has 5 saturated heterocycles. The number of carbonyl (C=O) groups excluding carboxylic acids is 9. The van der Waals surface area contributed by atoms with Gasteiger partial charge in [0.25, 0.3) is 0 Å². The van der Waals surface area contributed by atoms with E-state index in [-0.39, 0.29) is 108 Å². The van der Waals surface area contributed by atoms with E-state index in [4.69, 9.17) is 5.73 Å². The molecule has 9 bridgehead atoms. The number of primary amides is 1. The van der Waals surface area contributed by atoms with Crippen LogP contribution in [0.4, 0.5) is 4.79 Å². The minimum atomic E-state index is -1.07. The molecule has 4 aliphatic carbocycles. The molecule has 4 saturated carbocycles. The molecule has 6 N–H and O–H groups in total. The number of carbonyl (C=O) groups is 9. The Morgan fingerprint density at radius 3 is 2.05 bits per heavy atom. The number of fused-ring (bicyclic) bond motifs is 5. The fraction of sp³-hybridized carbons (Fsp3) is 0.788. The highest BCUT2D eigenvalue weighted by atomic mass is 32.2. The van der Waals surface area contributed by atoms with Gasteiger partial charge in [0.2, 0.25) is 47.3 Å². The summed E-state index contributed by atoms with van der Waals surface area (Å²) in [7, 11) is 0. The predicted octanol–water partition coefficient (Wildman–Crippen LogP) is 4.21. The summed E-state index contributed by atoms with van der Waals surface area (Å²) in [6.45, 7) is 13.7. The first-order chi connectivity index (χ1) is 34.8. The van der Waals surface area contributed by atoms with Gasteiger partial charge < -0.3 is 31.9 Å². The van der Waals surface area contributed by atoms with Crippen molar-refractivity contribution in [2.75, 3.05) is 32.7 Å². The summed E-state index contributed by atoms with van der Waals surface area (Å²) < 4.78 is -1.11. The number of urea groups is 1. The van der Waals surface area contributed by atoms with E-state index in [1.54, 1.807) is 73.9 Å². The lowest BCUT2D eigenvalue weighted by molar-refractivity contribution is -0.141. The molecule has 0 aromatic heterocycles. The summed E-state index contributed by atoms with van der Waals surface area (Å²) in [4.78, 5) is 130. The van der Waals surface area contributed by atoms with Crippen LogP contribution in [0, 0.1) is 35.5 Å². The van der Waals surface area contributed by atoms with E-state index < -0.39 is 73.4 Å². The highest BCUT2D eigenvalue weighted by Crippen LogP contribution is 2.88. The molecule has 16 atom stereocenters. The molecule has 402 valence electrons. The predicted molar refractivity (Wildman–Crippen MR) is 285 cm³/mol. The Bertz CT molecular complexity index is 2280. The van der Waals surface area contributed by atoms with Crippen molar-refractivity contribution in [3.05, 3.63) is 12.7 Å². The zero-order chi connectivity index (χ0) is 52.3. The molecule has 21 heteroatoms. The van der Waals surface area contributed by atoms with Gasteiger partial charge in [-0.15, -0.1) is 53.6 Å². The smallest absolute Gasteiger partial charge is 0.312 e. The minimum Gasteiger partial charge on any atom is -0.352 e. The van der Waals surface area contributed by atoms with Crippen LogP contribution in [0.2, 0.25) is 0 Å². The van der Waals surface area contributed by atoms with Crippen molar-refractivity contribution < 1.29 is 43.2 Å². The van der Waals surface area contributed by atoms with Gasteiger partial charge in [-0.1, -0.05) is 65.4 Å². The second kappa shape index (κ2) is 21.5. The van der Waals surface area contributed by atoms with Crippen LogP contribution in [0.1, 0.15) is 125 Å². The number of imide groups is 2. The molecular weight excluding hydrogens is 1010 g/mol. The molecule has 5 aliphatic heterocycles. The van der Waals surface area contributed by atoms with Gasteiger partial charge in [0.15, 0.2) is 0 Å². The third-order valence-corrected chi connectivity index (χ3v) is 26.4. The Morgan fingerprint density at radius 1 is 0.781 bits per heavy atom. The van der Waals surface area contributed by atoms with Crippen LogP contribution in [0.15, 0.2) is 12.7 Å². The van der Waals surface area contributed by atoms with E-state index in [1.807, 2.05) is 0 Å². The molecule has 10 amide bonds. The Morgan fingerprint density at radius 2 is 1.41 bits per heavy atom. The molecule has 1 spiro atoms. The second-order valence-corrected chi connectivity index (χ2v) is 28.4. The van der Waals surface area contributed by atoms with E-state index in [9.17, 15) is 43.2 Å². The van der Waals surface area contributed by atoms with E-state index >= 15 is 0 Å². The molecular formula is C52H76N8O9S4. The number of nitrogens with zero attached hydrogens (tertiary/aromatic N) is 3. The van der Waals surface area contributed by atoms with Crippen LogP contribution in [0.5, 0.6) is 0 Å². The lowest BCUT2D eigenvalue weighted by Gasteiger charge is -2.74. The van der Waals surface area contributed by atoms with Gasteiger partial charge in [0, 0.05) is 66.4 Å². The van der Waals surface area contributed by atoms with Gasteiger partial charge in [-0.05, 0) is 87.9 Å². The number of nitrogens with two attached hydrogens (primary N) is 1. The van der Waals surface area contributed by atoms with Crippen molar-refractivity contribution in [2.24, 2.45) is 41.2 Å². The Balaban J connectivity index is 0.938. The summed E-state index contributed by atoms with van der Waals surface area (Å²) in [5.74, 6) is -1.30. The maximum Gasteiger partial charge on any atom is 0.312 e. The van der Waals surface area contributed by atoms with Crippen molar-refractivity contribution in [1.29, 1.82) is 0 Å². The summed E-state index contributed by atoms with van der Waals surface area (Å²) in [5, 5.41) is 8.70. The highest BCUT2D eigenvalue weighted by molar-refractivity contribution is 8.12. The normalized spacial score (nSPS) is 37.4. The second-order valence-electron chi connectivity index (χ2n) is 22.6. The third kappa shape index (κ3) is 9.42. The van der Waals surface area contributed by atoms with Crippen LogP contribution in [-0.2, 0) is 38.4 Å². The van der Waals surface area contributed by atoms with Crippen LogP contribution in [0.25, 0.3) is 0 Å². The monoisotopic (exact) mass is 1080 g/mol. The lowest BCUT2D eigenvalue weighted by atomic mass is 9.51. The summed E-state index contributed by atoms with van der Waals surface area (Å²) >= 11 is 7.00. The third-order valence-electron chi connectivity index (χ3n) is 18.1. The number of hydrogen-bond acceptors (Lipinski definition) is 13. The Kier molecular flexibility index (Phi) is 16.0. The average Bonchev–Trinajstić information content (AvgIpc) is 3.99. The number of rotatable bonds is 16. The van der Waals surface area contributed by atoms with Crippen molar-refractivity contribution in [3.63, 3.8) is 0 Å². The average molecular weight is 1090 g/mol. The van der Waals surface area contributed by atoms with E-state index in [1.165, 1.54) is 46.8 Å². The summed E-state index contributed by atoms with van der Waals surface area (Å²) in [5.41, 5.74) is 5.21. The topological polar surface area (TPSA) is 237 Å². The molecule has 0 radical (unpaired) electrons. The van der Waals surface area contributed by atoms with Crippen LogP contribution in [0.3, 0.4) is 0 Å². The molecule has 9 aliphatic rings. The van der Waals surface area contributed by atoms with Gasteiger partial charge in [-0.2, -0.15) is 0 Å². The molecule has 73 heavy (non-hydrogen) atoms. The number of thioether (sulfide) groups is 4. The Labute approximate surface area is 446 Å². The van der Waals surface area contributed by atoms with Crippen molar-refractivity contribution in [3.8, 4) is 0 Å². The molecule has 5 heterocycles. The fourth-order valence-electron chi connectivity index (χ4n) is 14.6. The number of amides is 10. The first-order valence-electron chi connectivity index (χ1n) is 27.0. The first kappa shape index (κ1) is 54.4. The molecule has 9 rings (SSSR count). The largest absolute Gasteiger partial charge is 0.352 e. The number of nitrogens with one attached hydrogen (secondary N) is 4. The van der Waals surface area contributed by atoms with Crippen LogP contribution < -0.4 is 27.0 Å². The summed E-state index contributed by atoms with van der Waals surface area (Å²) in [6.07, 6.45) is 12.3. The zero-order valence-electron chi connectivity index (χ0n) is 43.0. The minimum absolute atomic E-state index is 0.0406. The van der Waals surface area contributed by atoms with E-state index in [0.717, 1.165) is 25.7 Å². The van der Waals surface area contributed by atoms with Gasteiger partial charge in [-0.3, -0.25) is 48.2 Å². The van der Waals surface area contributed by atoms with E-state index in [2.05, 4.69) is 41.7 Å². The molecule has 9 fully saturated rings. The van der Waals surface area contributed by atoms with Gasteiger partial charge >= 0.3 is 6.03 Å². The van der Waals surface area contributed by atoms with Crippen molar-refractivity contribution in [2.45, 2.75) is 183 Å². The van der Waals surface area contributed by atoms with Crippen molar-refractivity contribution in [1.82, 2.24) is 36.0 Å². The summed E-state index contributed by atoms with van der Waals surface area (Å²) in [6, 6.07) is -3.03. The standard InChI is InChI=1S/C52H76N8O9S4/c1-7-15-28(5)55-43(63)32(18-14-21-54-49(53)69)56-44(64)37(27(3)4)57-33(61)19-20-34(62)58-22-24-59-45(65)39-40(46(59)66)71-50(6)31-17-13-11-9-10-12-16-29-26-30(29)35-36(38(31)70-39)52(50)51(35,8-2)72-41-42(73-52)48(68)60(25-23-58)47(41)67/h7,27-32,35-42H,1,8-26H2,2-6H3,(H,55,63)(H,56,64)(H,57,61)(H3,53,54,69)/t28?,29?,30?,31?,32-,35?,36?,37-,38?,39?,40?,41?,42?,50?,51?,52?/m0/s1. The zero-order valence-corrected chi connectivity index (χ0v) is 46.3. The molecule has 0 aromatic carbocycles. The van der Waals surface area contributed by atoms with Gasteiger partial charge in [0.05, 0.1) is 4.75 Å². The van der Waals surface area contributed by atoms with Crippen LogP contribution >= 0.6 is 47.0 Å². The maximum atomic E-state index is 14.9. The van der Waals surface area contributed by atoms with Crippen LogP contribution in [-0.4, -0.2) is 159 Å². The molecule has 0 aromatic rings. The SMILES string of the molecule is C=CCC(C)NC(=O)[C@H](CCCNC(N)=O)NC(=O)[C@@H](NC(=O)CCC(=O)N1CCN2C(=O)C3SC4C5CCCCCCCC6CC6C6C4C4(SC7C(=O)N(CC1)C(=O)C7SC64CC)C5(C)SC3C2=O)C(C)C.